The summed E-state index contributed by atoms with van der Waals surface area (Å²) in [7, 11) is -3.80. The molecule has 1 aromatic rings. The molecule has 0 unspecified atom stereocenters. The first-order chi connectivity index (χ1) is 9.42. The zero-order valence-electron chi connectivity index (χ0n) is 11.6. The fraction of sp³-hybridized carbons (Fsp3) is 0.571. The molecule has 0 saturated heterocycles. The van der Waals surface area contributed by atoms with Gasteiger partial charge in [0, 0.05) is 12.6 Å². The highest BCUT2D eigenvalue weighted by atomic mass is 32.2. The Morgan fingerprint density at radius 3 is 2.50 bits per heavy atom. The Balaban J connectivity index is 2.14. The highest BCUT2D eigenvalue weighted by Crippen LogP contribution is 2.25. The van der Waals surface area contributed by atoms with Crippen LogP contribution in [0.5, 0.6) is 0 Å². The van der Waals surface area contributed by atoms with E-state index >= 15 is 0 Å². The lowest BCUT2D eigenvalue weighted by atomic mass is 9.88. The average Bonchev–Trinajstić information content (AvgIpc) is 2.40. The van der Waals surface area contributed by atoms with E-state index in [9.17, 15) is 12.8 Å². The summed E-state index contributed by atoms with van der Waals surface area (Å²) < 4.78 is 40.9. The Hall–Kier alpha value is -0.980. The molecule has 1 aliphatic rings. The monoisotopic (exact) mass is 300 g/mol. The van der Waals surface area contributed by atoms with E-state index in [0.29, 0.717) is 11.5 Å². The average molecular weight is 300 g/mol. The van der Waals surface area contributed by atoms with Gasteiger partial charge in [0.2, 0.25) is 10.0 Å². The van der Waals surface area contributed by atoms with Crippen LogP contribution in [0.25, 0.3) is 0 Å². The van der Waals surface area contributed by atoms with Gasteiger partial charge < -0.3 is 5.73 Å². The maximum Gasteiger partial charge on any atom is 0.243 e. The Kier molecular flexibility index (Phi) is 4.78. The van der Waals surface area contributed by atoms with Gasteiger partial charge in [-0.15, -0.1) is 0 Å². The number of nitrogens with two attached hydrogens (primary N) is 1. The summed E-state index contributed by atoms with van der Waals surface area (Å²) in [6.07, 6.45) is 3.62. The molecule has 6 heteroatoms. The molecule has 20 heavy (non-hydrogen) atoms. The Morgan fingerprint density at radius 2 is 1.95 bits per heavy atom. The minimum absolute atomic E-state index is 0.0928. The van der Waals surface area contributed by atoms with Crippen molar-refractivity contribution in [3.05, 3.63) is 29.6 Å². The van der Waals surface area contributed by atoms with Crippen molar-refractivity contribution in [3.63, 3.8) is 0 Å². The molecule has 0 aromatic heterocycles. The van der Waals surface area contributed by atoms with Gasteiger partial charge >= 0.3 is 0 Å². The quantitative estimate of drug-likeness (QED) is 0.895. The third-order valence-electron chi connectivity index (χ3n) is 3.86. The zero-order chi connectivity index (χ0) is 14.8. The highest BCUT2D eigenvalue weighted by molar-refractivity contribution is 7.89. The van der Waals surface area contributed by atoms with Crippen LogP contribution in [-0.4, -0.2) is 14.5 Å². The van der Waals surface area contributed by atoms with Gasteiger partial charge in [0.05, 0.1) is 0 Å². The molecule has 1 aromatic carbocycles. The third kappa shape index (κ3) is 3.56. The van der Waals surface area contributed by atoms with Crippen LogP contribution in [0.1, 0.15) is 38.2 Å². The normalized spacial score (nSPS) is 23.8. The fourth-order valence-electron chi connectivity index (χ4n) is 2.55. The maximum absolute atomic E-state index is 13.9. The molecular formula is C14H21FN2O2S. The lowest BCUT2D eigenvalue weighted by molar-refractivity contribution is 0.332. The molecule has 3 N–H and O–H groups in total. The number of nitrogens with one attached hydrogen (secondary N) is 1. The molecule has 0 aliphatic heterocycles. The van der Waals surface area contributed by atoms with Gasteiger partial charge in [-0.3, -0.25) is 0 Å². The lowest BCUT2D eigenvalue weighted by Gasteiger charge is -2.26. The molecule has 0 bridgehead atoms. The standard InChI is InChI=1S/C14H21FN2O2S/c1-10-2-5-12(6-3-10)17-20(18,19)14-7-4-11(9-16)8-13(14)15/h4,7-8,10,12,17H,2-3,5-6,9,16H2,1H3. The maximum atomic E-state index is 13.9. The minimum atomic E-state index is -3.80. The van der Waals surface area contributed by atoms with E-state index in [4.69, 9.17) is 5.73 Å². The molecule has 1 aliphatic carbocycles. The number of sulfonamides is 1. The first-order valence-corrected chi connectivity index (χ1v) is 8.41. The predicted octanol–water partition coefficient (Wildman–Crippen LogP) is 2.14. The van der Waals surface area contributed by atoms with Gasteiger partial charge in [-0.2, -0.15) is 0 Å². The van der Waals surface area contributed by atoms with Crippen LogP contribution in [-0.2, 0) is 16.6 Å². The molecule has 1 saturated carbocycles. The van der Waals surface area contributed by atoms with Gasteiger partial charge in [-0.25, -0.2) is 17.5 Å². The second-order valence-corrected chi connectivity index (χ2v) is 7.23. The van der Waals surface area contributed by atoms with Crippen LogP contribution in [0.2, 0.25) is 0 Å². The van der Waals surface area contributed by atoms with Crippen LogP contribution in [0, 0.1) is 11.7 Å². The molecule has 0 spiro atoms. The highest BCUT2D eigenvalue weighted by Gasteiger charge is 2.26. The largest absolute Gasteiger partial charge is 0.326 e. The molecule has 1 fully saturated rings. The summed E-state index contributed by atoms with van der Waals surface area (Å²) in [5.41, 5.74) is 5.99. The van der Waals surface area contributed by atoms with Crippen LogP contribution < -0.4 is 10.5 Å². The van der Waals surface area contributed by atoms with Crippen LogP contribution in [0.15, 0.2) is 23.1 Å². The van der Waals surface area contributed by atoms with Crippen molar-refractivity contribution in [2.45, 2.75) is 50.1 Å². The summed E-state index contributed by atoms with van der Waals surface area (Å²) in [5, 5.41) is 0. The van der Waals surface area contributed by atoms with E-state index in [0.717, 1.165) is 25.7 Å². The molecule has 112 valence electrons. The molecule has 0 amide bonds. The van der Waals surface area contributed by atoms with Crippen LogP contribution in [0.4, 0.5) is 4.39 Å². The van der Waals surface area contributed by atoms with Crippen molar-refractivity contribution < 1.29 is 12.8 Å². The molecule has 4 nitrogen and oxygen atoms in total. The van der Waals surface area contributed by atoms with E-state index in [1.165, 1.54) is 12.1 Å². The number of hydrogen-bond acceptors (Lipinski definition) is 3. The molecule has 0 heterocycles. The summed E-state index contributed by atoms with van der Waals surface area (Å²) in [4.78, 5) is -0.298. The first-order valence-electron chi connectivity index (χ1n) is 6.93. The van der Waals surface area contributed by atoms with Gasteiger partial charge in [0.25, 0.3) is 0 Å². The Labute approximate surface area is 119 Å². The second kappa shape index (κ2) is 6.20. The smallest absolute Gasteiger partial charge is 0.243 e. The molecule has 0 atom stereocenters. The summed E-state index contributed by atoms with van der Waals surface area (Å²) in [6, 6.07) is 3.91. The Morgan fingerprint density at radius 1 is 1.30 bits per heavy atom. The van der Waals surface area contributed by atoms with E-state index in [1.54, 1.807) is 6.07 Å². The van der Waals surface area contributed by atoms with Crippen LogP contribution in [0.3, 0.4) is 0 Å². The lowest BCUT2D eigenvalue weighted by Crippen LogP contribution is -2.37. The first kappa shape index (κ1) is 15.4. The summed E-state index contributed by atoms with van der Waals surface area (Å²) in [6.45, 7) is 2.35. The number of hydrogen-bond donors (Lipinski definition) is 2. The Bertz CT molecular complexity index is 567. The predicted molar refractivity (Wildman–Crippen MR) is 76.0 cm³/mol. The third-order valence-corrected chi connectivity index (χ3v) is 5.41. The SMILES string of the molecule is CC1CCC(NS(=O)(=O)c2ccc(CN)cc2F)CC1. The molecule has 0 radical (unpaired) electrons. The molecular weight excluding hydrogens is 279 g/mol. The minimum Gasteiger partial charge on any atom is -0.326 e. The van der Waals surface area contributed by atoms with Crippen molar-refractivity contribution >= 4 is 10.0 Å². The van der Waals surface area contributed by atoms with Gasteiger partial charge in [-0.05, 0) is 49.3 Å². The van der Waals surface area contributed by atoms with E-state index in [1.807, 2.05) is 0 Å². The van der Waals surface area contributed by atoms with E-state index in [-0.39, 0.29) is 17.5 Å². The zero-order valence-corrected chi connectivity index (χ0v) is 12.4. The van der Waals surface area contributed by atoms with E-state index < -0.39 is 15.8 Å². The second-order valence-electron chi connectivity index (χ2n) is 5.55. The summed E-state index contributed by atoms with van der Waals surface area (Å²) in [5.74, 6) is -0.110. The fourth-order valence-corrected chi connectivity index (χ4v) is 3.91. The molecule has 2 rings (SSSR count). The van der Waals surface area contributed by atoms with Crippen molar-refractivity contribution in [3.8, 4) is 0 Å². The number of benzene rings is 1. The van der Waals surface area contributed by atoms with Gasteiger partial charge in [-0.1, -0.05) is 13.0 Å². The van der Waals surface area contributed by atoms with E-state index in [2.05, 4.69) is 11.6 Å². The van der Waals surface area contributed by atoms with Crippen LogP contribution >= 0.6 is 0 Å². The number of rotatable bonds is 4. The number of halogens is 1. The van der Waals surface area contributed by atoms with Crippen molar-refractivity contribution in [2.24, 2.45) is 11.7 Å². The van der Waals surface area contributed by atoms with Crippen molar-refractivity contribution in [2.75, 3.05) is 0 Å². The summed E-state index contributed by atoms with van der Waals surface area (Å²) >= 11 is 0. The van der Waals surface area contributed by atoms with Gasteiger partial charge in [0.1, 0.15) is 10.7 Å². The van der Waals surface area contributed by atoms with Crippen molar-refractivity contribution in [1.29, 1.82) is 0 Å². The van der Waals surface area contributed by atoms with Crippen molar-refractivity contribution in [1.82, 2.24) is 4.72 Å². The topological polar surface area (TPSA) is 72.2 Å². The van der Waals surface area contributed by atoms with Gasteiger partial charge in [0.15, 0.2) is 0 Å².